The number of amides is 1. The molecule has 0 aromatic carbocycles. The van der Waals surface area contributed by atoms with Gasteiger partial charge in [-0.1, -0.05) is 6.07 Å². The zero-order valence-electron chi connectivity index (χ0n) is 15.0. The minimum absolute atomic E-state index is 0.00953. The van der Waals surface area contributed by atoms with Gasteiger partial charge in [0.05, 0.1) is 11.4 Å². The van der Waals surface area contributed by atoms with Gasteiger partial charge in [0, 0.05) is 44.2 Å². The third kappa shape index (κ3) is 4.20. The Morgan fingerprint density at radius 1 is 1.37 bits per heavy atom. The van der Waals surface area contributed by atoms with E-state index in [0.29, 0.717) is 25.2 Å². The van der Waals surface area contributed by atoms with Crippen LogP contribution in [-0.2, 0) is 30.8 Å². The number of carbonyl (C=O) groups is 1. The third-order valence-corrected chi connectivity index (χ3v) is 4.53. The first kappa shape index (κ1) is 17.3. The molecule has 9 heteroatoms. The van der Waals surface area contributed by atoms with Gasteiger partial charge in [0.2, 0.25) is 5.91 Å². The molecule has 4 rings (SSSR count). The number of hydrogen-bond donors (Lipinski definition) is 2. The van der Waals surface area contributed by atoms with Crippen molar-refractivity contribution in [3.05, 3.63) is 54.0 Å². The summed E-state index contributed by atoms with van der Waals surface area (Å²) in [5.41, 5.74) is 3.04. The fourth-order valence-corrected chi connectivity index (χ4v) is 3.16. The fraction of sp³-hybridized carbons (Fsp3) is 0.389. The van der Waals surface area contributed by atoms with Crippen LogP contribution in [0.4, 0.5) is 0 Å². The number of pyridine rings is 1. The van der Waals surface area contributed by atoms with Crippen LogP contribution < -0.4 is 10.6 Å². The highest BCUT2D eigenvalue weighted by atomic mass is 16.1. The van der Waals surface area contributed by atoms with Crippen molar-refractivity contribution in [2.75, 3.05) is 6.54 Å². The predicted molar refractivity (Wildman–Crippen MR) is 97.9 cm³/mol. The lowest BCUT2D eigenvalue weighted by Crippen LogP contribution is -2.24. The van der Waals surface area contributed by atoms with E-state index in [1.54, 1.807) is 17.2 Å². The lowest BCUT2D eigenvalue weighted by atomic mass is 10.2. The SMILES string of the molecule is O=C(CCc1cc2n(n1)CCCNC2)NCc1cccnc1-n1cncn1. The molecule has 0 atom stereocenters. The van der Waals surface area contributed by atoms with Crippen molar-refractivity contribution in [3.8, 4) is 5.82 Å². The molecule has 0 radical (unpaired) electrons. The maximum atomic E-state index is 12.3. The van der Waals surface area contributed by atoms with Crippen molar-refractivity contribution < 1.29 is 4.79 Å². The second-order valence-corrected chi connectivity index (χ2v) is 6.48. The van der Waals surface area contributed by atoms with Crippen LogP contribution in [0, 0.1) is 0 Å². The molecule has 1 aliphatic rings. The highest BCUT2D eigenvalue weighted by molar-refractivity contribution is 5.76. The van der Waals surface area contributed by atoms with Crippen molar-refractivity contribution in [3.63, 3.8) is 0 Å². The lowest BCUT2D eigenvalue weighted by Gasteiger charge is -2.09. The van der Waals surface area contributed by atoms with Crippen molar-refractivity contribution in [1.29, 1.82) is 0 Å². The Morgan fingerprint density at radius 2 is 2.33 bits per heavy atom. The summed E-state index contributed by atoms with van der Waals surface area (Å²) in [5, 5.41) is 15.1. The molecule has 0 fully saturated rings. The molecule has 0 bridgehead atoms. The van der Waals surface area contributed by atoms with Crippen LogP contribution in [-0.4, -0.2) is 42.0 Å². The van der Waals surface area contributed by atoms with Crippen LogP contribution in [0.15, 0.2) is 37.1 Å². The van der Waals surface area contributed by atoms with Gasteiger partial charge in [0.1, 0.15) is 12.7 Å². The Kier molecular flexibility index (Phi) is 5.20. The van der Waals surface area contributed by atoms with Crippen molar-refractivity contribution >= 4 is 5.91 Å². The van der Waals surface area contributed by atoms with Crippen LogP contribution >= 0.6 is 0 Å². The smallest absolute Gasteiger partial charge is 0.220 e. The van der Waals surface area contributed by atoms with Crippen molar-refractivity contribution in [2.24, 2.45) is 0 Å². The van der Waals surface area contributed by atoms with Crippen molar-refractivity contribution in [2.45, 2.75) is 38.9 Å². The quantitative estimate of drug-likeness (QED) is 0.662. The summed E-state index contributed by atoms with van der Waals surface area (Å²) >= 11 is 0. The molecule has 140 valence electrons. The zero-order valence-corrected chi connectivity index (χ0v) is 15.0. The summed E-state index contributed by atoms with van der Waals surface area (Å²) in [5.74, 6) is 0.658. The molecule has 0 spiro atoms. The number of hydrogen-bond acceptors (Lipinski definition) is 6. The van der Waals surface area contributed by atoms with E-state index in [0.717, 1.165) is 37.3 Å². The van der Waals surface area contributed by atoms with Gasteiger partial charge < -0.3 is 10.6 Å². The van der Waals surface area contributed by atoms with Gasteiger partial charge in [-0.2, -0.15) is 10.2 Å². The lowest BCUT2D eigenvalue weighted by molar-refractivity contribution is -0.121. The van der Waals surface area contributed by atoms with E-state index in [9.17, 15) is 4.79 Å². The summed E-state index contributed by atoms with van der Waals surface area (Å²) in [4.78, 5) is 20.5. The Hall–Kier alpha value is -3.07. The minimum Gasteiger partial charge on any atom is -0.352 e. The van der Waals surface area contributed by atoms with Crippen LogP contribution in [0.3, 0.4) is 0 Å². The molecule has 27 heavy (non-hydrogen) atoms. The third-order valence-electron chi connectivity index (χ3n) is 4.53. The maximum Gasteiger partial charge on any atom is 0.220 e. The summed E-state index contributed by atoms with van der Waals surface area (Å²) in [6, 6.07) is 5.85. The minimum atomic E-state index is -0.00953. The molecule has 1 aliphatic heterocycles. The zero-order chi connectivity index (χ0) is 18.5. The molecule has 3 aromatic rings. The van der Waals surface area contributed by atoms with Crippen molar-refractivity contribution in [1.82, 2.24) is 40.2 Å². The Labute approximate surface area is 156 Å². The average Bonchev–Trinajstić information content (AvgIpc) is 3.31. The number of fused-ring (bicyclic) bond motifs is 1. The fourth-order valence-electron chi connectivity index (χ4n) is 3.16. The Morgan fingerprint density at radius 3 is 3.22 bits per heavy atom. The molecule has 3 aromatic heterocycles. The number of aryl methyl sites for hydroxylation is 2. The van der Waals surface area contributed by atoms with Crippen LogP contribution in [0.5, 0.6) is 0 Å². The highest BCUT2D eigenvalue weighted by Crippen LogP contribution is 2.11. The van der Waals surface area contributed by atoms with E-state index < -0.39 is 0 Å². The van der Waals surface area contributed by atoms with E-state index in [-0.39, 0.29) is 5.91 Å². The van der Waals surface area contributed by atoms with Gasteiger partial charge in [0.15, 0.2) is 5.82 Å². The largest absolute Gasteiger partial charge is 0.352 e. The molecule has 2 N–H and O–H groups in total. The molecule has 0 unspecified atom stereocenters. The molecular formula is C18H22N8O. The van der Waals surface area contributed by atoms with Crippen LogP contribution in [0.2, 0.25) is 0 Å². The first-order chi connectivity index (χ1) is 13.3. The van der Waals surface area contributed by atoms with E-state index in [1.165, 1.54) is 12.0 Å². The van der Waals surface area contributed by atoms with E-state index in [1.807, 2.05) is 16.8 Å². The molecule has 9 nitrogen and oxygen atoms in total. The first-order valence-electron chi connectivity index (χ1n) is 9.11. The monoisotopic (exact) mass is 366 g/mol. The standard InChI is InChI=1S/C18H22N8O/c27-17(5-4-15-9-16-11-19-6-2-8-25(16)24-15)22-10-14-3-1-7-21-18(14)26-13-20-12-23-26/h1,3,7,9,12-13,19H,2,4-6,8,10-11H2,(H,22,27). The second-order valence-electron chi connectivity index (χ2n) is 6.48. The summed E-state index contributed by atoms with van der Waals surface area (Å²) in [6.07, 6.45) is 6.86. The highest BCUT2D eigenvalue weighted by Gasteiger charge is 2.12. The first-order valence-corrected chi connectivity index (χ1v) is 9.11. The number of carbonyl (C=O) groups excluding carboxylic acids is 1. The van der Waals surface area contributed by atoms with E-state index in [2.05, 4.69) is 36.9 Å². The molecular weight excluding hydrogens is 344 g/mol. The van der Waals surface area contributed by atoms with Crippen LogP contribution in [0.25, 0.3) is 5.82 Å². The molecule has 0 saturated carbocycles. The topological polar surface area (TPSA) is 103 Å². The molecule has 0 aliphatic carbocycles. The summed E-state index contributed by atoms with van der Waals surface area (Å²) < 4.78 is 3.64. The maximum absolute atomic E-state index is 12.3. The number of aromatic nitrogens is 6. The average molecular weight is 366 g/mol. The van der Waals surface area contributed by atoms with Gasteiger partial charge in [-0.05, 0) is 25.1 Å². The molecule has 0 saturated heterocycles. The van der Waals surface area contributed by atoms with Gasteiger partial charge >= 0.3 is 0 Å². The normalized spacial score (nSPS) is 13.8. The van der Waals surface area contributed by atoms with E-state index in [4.69, 9.17) is 0 Å². The summed E-state index contributed by atoms with van der Waals surface area (Å²) in [6.45, 7) is 3.18. The van der Waals surface area contributed by atoms with Gasteiger partial charge in [-0.25, -0.2) is 14.6 Å². The number of nitrogens with zero attached hydrogens (tertiary/aromatic N) is 6. The van der Waals surface area contributed by atoms with Gasteiger partial charge in [-0.15, -0.1) is 0 Å². The Bertz CT molecular complexity index is 878. The Balaban J connectivity index is 1.32. The van der Waals surface area contributed by atoms with E-state index >= 15 is 0 Å². The van der Waals surface area contributed by atoms with Gasteiger partial charge in [-0.3, -0.25) is 9.48 Å². The number of rotatable bonds is 6. The molecule has 1 amide bonds. The molecule has 4 heterocycles. The second kappa shape index (κ2) is 8.09. The number of nitrogens with one attached hydrogen (secondary N) is 2. The summed E-state index contributed by atoms with van der Waals surface area (Å²) in [7, 11) is 0. The predicted octanol–water partition coefficient (Wildman–Crippen LogP) is 0.601. The van der Waals surface area contributed by atoms with Crippen LogP contribution in [0.1, 0.15) is 29.8 Å². The van der Waals surface area contributed by atoms with Gasteiger partial charge in [0.25, 0.3) is 0 Å².